The number of nitrogens with one attached hydrogen (secondary N) is 1. The van der Waals surface area contributed by atoms with Gasteiger partial charge in [-0.05, 0) is 50.2 Å². The topological polar surface area (TPSA) is 81.4 Å². The third-order valence-corrected chi connectivity index (χ3v) is 7.59. The zero-order valence-corrected chi connectivity index (χ0v) is 18.2. The Balaban J connectivity index is 1.35. The molecule has 2 aliphatic rings. The van der Waals surface area contributed by atoms with E-state index in [0.717, 1.165) is 29.2 Å². The molecule has 0 amide bonds. The zero-order chi connectivity index (χ0) is 20.6. The van der Waals surface area contributed by atoms with E-state index >= 15 is 0 Å². The molecule has 158 valence electrons. The molecule has 1 N–H and O–H groups in total. The molecule has 0 aromatic carbocycles. The van der Waals surface area contributed by atoms with Gasteiger partial charge in [0.15, 0.2) is 5.82 Å². The molecule has 0 spiro atoms. The molecule has 6 rings (SSSR count). The van der Waals surface area contributed by atoms with E-state index in [9.17, 15) is 0 Å². The van der Waals surface area contributed by atoms with Gasteiger partial charge in [-0.2, -0.15) is 5.10 Å². The first kappa shape index (κ1) is 18.9. The molecular weight excluding hydrogens is 406 g/mol. The Hall–Kier alpha value is -2.87. The Bertz CT molecular complexity index is 1210. The molecule has 31 heavy (non-hydrogen) atoms. The van der Waals surface area contributed by atoms with Crippen molar-refractivity contribution in [2.45, 2.75) is 64.0 Å². The fourth-order valence-electron chi connectivity index (χ4n) is 4.83. The van der Waals surface area contributed by atoms with Gasteiger partial charge in [0.25, 0.3) is 0 Å². The van der Waals surface area contributed by atoms with E-state index in [0.29, 0.717) is 24.1 Å². The van der Waals surface area contributed by atoms with Gasteiger partial charge >= 0.3 is 0 Å². The smallest absolute Gasteiger partial charge is 0.183 e. The van der Waals surface area contributed by atoms with Crippen LogP contribution in [-0.4, -0.2) is 29.7 Å². The van der Waals surface area contributed by atoms with Gasteiger partial charge in [-0.25, -0.2) is 15.0 Å². The minimum absolute atomic E-state index is 0.562. The summed E-state index contributed by atoms with van der Waals surface area (Å²) in [6.45, 7) is 0.649. The lowest BCUT2D eigenvalue weighted by Gasteiger charge is -2.13. The van der Waals surface area contributed by atoms with Crippen molar-refractivity contribution in [2.75, 3.05) is 5.32 Å². The van der Waals surface area contributed by atoms with E-state index in [4.69, 9.17) is 15.1 Å². The second-order valence-electron chi connectivity index (χ2n) is 8.46. The number of rotatable bonds is 5. The number of aromatic nitrogens is 6. The number of hydrogen-bond acceptors (Lipinski definition) is 7. The van der Waals surface area contributed by atoms with Crippen LogP contribution >= 0.6 is 11.3 Å². The van der Waals surface area contributed by atoms with E-state index in [1.54, 1.807) is 29.9 Å². The third kappa shape index (κ3) is 3.59. The van der Waals surface area contributed by atoms with Crippen LogP contribution in [0.1, 0.15) is 60.7 Å². The molecule has 0 bridgehead atoms. The predicted molar refractivity (Wildman–Crippen MR) is 122 cm³/mol. The Labute approximate surface area is 185 Å². The highest BCUT2D eigenvalue weighted by Gasteiger charge is 2.22. The fourth-order valence-corrected chi connectivity index (χ4v) is 6.09. The standard InChI is InChI=1S/C23H25N7S/c1-2-6-16(5-1)30-12-9-15(29-30)13-26-22-20-17-7-3-4-8-19(17)31-23(20)28-21(27-22)18-14-24-10-11-25-18/h9-12,14,16H,1-8,13H2,(H,26,27,28). The maximum Gasteiger partial charge on any atom is 0.183 e. The maximum absolute atomic E-state index is 4.90. The highest BCUT2D eigenvalue weighted by molar-refractivity contribution is 7.19. The monoisotopic (exact) mass is 431 g/mol. The summed E-state index contributed by atoms with van der Waals surface area (Å²) in [5.74, 6) is 1.51. The van der Waals surface area contributed by atoms with E-state index in [2.05, 4.69) is 32.2 Å². The van der Waals surface area contributed by atoms with Crippen LogP contribution in [0.25, 0.3) is 21.7 Å². The first-order valence-corrected chi connectivity index (χ1v) is 12.0. The Morgan fingerprint density at radius 3 is 2.84 bits per heavy atom. The van der Waals surface area contributed by atoms with Crippen molar-refractivity contribution >= 4 is 27.4 Å². The zero-order valence-electron chi connectivity index (χ0n) is 17.4. The molecule has 0 aliphatic heterocycles. The summed E-state index contributed by atoms with van der Waals surface area (Å²) in [5.41, 5.74) is 3.17. The van der Waals surface area contributed by atoms with E-state index in [1.807, 2.05) is 0 Å². The average molecular weight is 432 g/mol. The van der Waals surface area contributed by atoms with E-state index < -0.39 is 0 Å². The molecule has 2 aliphatic carbocycles. The van der Waals surface area contributed by atoms with Gasteiger partial charge < -0.3 is 5.32 Å². The molecular formula is C23H25N7S. The lowest BCUT2D eigenvalue weighted by molar-refractivity contribution is 0.463. The largest absolute Gasteiger partial charge is 0.364 e. The van der Waals surface area contributed by atoms with Crippen LogP contribution in [0.15, 0.2) is 30.9 Å². The lowest BCUT2D eigenvalue weighted by Crippen LogP contribution is -2.09. The number of fused-ring (bicyclic) bond motifs is 3. The molecule has 7 nitrogen and oxygen atoms in total. The number of aryl methyl sites for hydroxylation is 2. The van der Waals surface area contributed by atoms with Crippen molar-refractivity contribution in [1.82, 2.24) is 29.7 Å². The van der Waals surface area contributed by atoms with Crippen molar-refractivity contribution in [3.05, 3.63) is 47.0 Å². The van der Waals surface area contributed by atoms with Crippen LogP contribution in [0.2, 0.25) is 0 Å². The van der Waals surface area contributed by atoms with Gasteiger partial charge in [0, 0.05) is 23.5 Å². The van der Waals surface area contributed by atoms with E-state index in [1.165, 1.54) is 54.4 Å². The van der Waals surface area contributed by atoms with E-state index in [-0.39, 0.29) is 0 Å². The van der Waals surface area contributed by atoms with Crippen LogP contribution < -0.4 is 5.32 Å². The first-order valence-electron chi connectivity index (χ1n) is 11.2. The van der Waals surface area contributed by atoms with Crippen molar-refractivity contribution in [3.8, 4) is 11.5 Å². The molecule has 0 unspecified atom stereocenters. The summed E-state index contributed by atoms with van der Waals surface area (Å²) in [5, 5.41) is 9.60. The van der Waals surface area contributed by atoms with Gasteiger partial charge in [0.2, 0.25) is 0 Å². The van der Waals surface area contributed by atoms with Gasteiger partial charge in [-0.3, -0.25) is 9.67 Å². The quantitative estimate of drug-likeness (QED) is 0.481. The first-order chi connectivity index (χ1) is 15.3. The van der Waals surface area contributed by atoms with Crippen LogP contribution in [-0.2, 0) is 19.4 Å². The summed E-state index contributed by atoms with van der Waals surface area (Å²) in [4.78, 5) is 20.9. The molecule has 4 aromatic rings. The minimum Gasteiger partial charge on any atom is -0.364 e. The summed E-state index contributed by atoms with van der Waals surface area (Å²) in [6, 6.07) is 2.68. The van der Waals surface area contributed by atoms with Crippen LogP contribution in [0.5, 0.6) is 0 Å². The minimum atomic E-state index is 0.562. The molecule has 4 aromatic heterocycles. The normalized spacial score (nSPS) is 16.6. The maximum atomic E-state index is 4.90. The second kappa shape index (κ2) is 8.00. The second-order valence-corrected chi connectivity index (χ2v) is 9.54. The highest BCUT2D eigenvalue weighted by atomic mass is 32.1. The summed E-state index contributed by atoms with van der Waals surface area (Å²) in [7, 11) is 0. The molecule has 1 saturated carbocycles. The molecule has 8 heteroatoms. The van der Waals surface area contributed by atoms with Crippen LogP contribution in [0.3, 0.4) is 0 Å². The van der Waals surface area contributed by atoms with Crippen LogP contribution in [0, 0.1) is 0 Å². The van der Waals surface area contributed by atoms with Gasteiger partial charge in [0.1, 0.15) is 16.3 Å². The number of nitrogens with zero attached hydrogens (tertiary/aromatic N) is 6. The van der Waals surface area contributed by atoms with Gasteiger partial charge in [-0.1, -0.05) is 12.8 Å². The van der Waals surface area contributed by atoms with Crippen molar-refractivity contribution in [1.29, 1.82) is 0 Å². The van der Waals surface area contributed by atoms with Crippen molar-refractivity contribution in [3.63, 3.8) is 0 Å². The molecule has 1 fully saturated rings. The Kier molecular flexibility index (Phi) is 4.87. The van der Waals surface area contributed by atoms with Gasteiger partial charge in [0.05, 0.1) is 29.9 Å². The van der Waals surface area contributed by atoms with Crippen molar-refractivity contribution in [2.24, 2.45) is 0 Å². The number of thiophene rings is 1. The fraction of sp³-hybridized carbons (Fsp3) is 0.435. The van der Waals surface area contributed by atoms with Gasteiger partial charge in [-0.15, -0.1) is 11.3 Å². The SMILES string of the molecule is c1cnc(-c2nc(NCc3ccn(C4CCCC4)n3)c3c4c(sc3n2)CCCC4)cn1. The number of anilines is 1. The molecule has 0 radical (unpaired) electrons. The lowest BCUT2D eigenvalue weighted by atomic mass is 9.97. The third-order valence-electron chi connectivity index (χ3n) is 6.41. The average Bonchev–Trinajstić information content (AvgIpc) is 3.57. The molecule has 0 atom stereocenters. The molecule has 4 heterocycles. The Morgan fingerprint density at radius 2 is 1.97 bits per heavy atom. The Morgan fingerprint density at radius 1 is 1.06 bits per heavy atom. The van der Waals surface area contributed by atoms with Crippen LogP contribution in [0.4, 0.5) is 5.82 Å². The predicted octanol–water partition coefficient (Wildman–Crippen LogP) is 4.95. The summed E-state index contributed by atoms with van der Waals surface area (Å²) < 4.78 is 2.15. The summed E-state index contributed by atoms with van der Waals surface area (Å²) in [6.07, 6.45) is 17.0. The summed E-state index contributed by atoms with van der Waals surface area (Å²) >= 11 is 1.81. The van der Waals surface area contributed by atoms with Crippen molar-refractivity contribution < 1.29 is 0 Å². The molecule has 0 saturated heterocycles. The highest BCUT2D eigenvalue weighted by Crippen LogP contribution is 2.39. The number of hydrogen-bond donors (Lipinski definition) is 1.